The first-order valence-electron chi connectivity index (χ1n) is 12.8. The molecule has 13 nitrogen and oxygen atoms in total. The summed E-state index contributed by atoms with van der Waals surface area (Å²) in [4.78, 5) is 31.7. The van der Waals surface area contributed by atoms with E-state index in [-0.39, 0.29) is 36.1 Å². The van der Waals surface area contributed by atoms with Gasteiger partial charge in [0, 0.05) is 23.6 Å². The number of halogens is 3. The minimum atomic E-state index is -5.47. The summed E-state index contributed by atoms with van der Waals surface area (Å²) in [7, 11) is -4.60. The van der Waals surface area contributed by atoms with Gasteiger partial charge in [-0.2, -0.15) is 13.2 Å². The predicted molar refractivity (Wildman–Crippen MR) is 150 cm³/mol. The van der Waals surface area contributed by atoms with Gasteiger partial charge in [-0.05, 0) is 47.5 Å². The number of alkyl halides is 3. The number of nitrogens with zero attached hydrogens (tertiary/aromatic N) is 4. The molecule has 0 bridgehead atoms. The van der Waals surface area contributed by atoms with Crippen LogP contribution in [-0.4, -0.2) is 55.5 Å². The number of carbonyl (C=O) groups excluding carboxylic acids is 2. The van der Waals surface area contributed by atoms with Gasteiger partial charge in [-0.3, -0.25) is 0 Å². The van der Waals surface area contributed by atoms with Crippen molar-refractivity contribution in [2.45, 2.75) is 18.4 Å². The molecule has 1 atom stereocenters. The van der Waals surface area contributed by atoms with E-state index in [0.717, 1.165) is 0 Å². The van der Waals surface area contributed by atoms with Crippen molar-refractivity contribution < 1.29 is 50.7 Å². The molecule has 0 fully saturated rings. The van der Waals surface area contributed by atoms with Gasteiger partial charge in [0.1, 0.15) is 11.5 Å². The summed E-state index contributed by atoms with van der Waals surface area (Å²) >= 11 is 0. The quantitative estimate of drug-likeness (QED) is 0.0406. The van der Waals surface area contributed by atoms with E-state index in [1.165, 1.54) is 36.4 Å². The first-order valence-corrected chi connectivity index (χ1v) is 14.4. The molecule has 0 aliphatic carbocycles. The van der Waals surface area contributed by atoms with E-state index in [1.807, 2.05) is 0 Å². The van der Waals surface area contributed by atoms with Crippen molar-refractivity contribution in [2.75, 3.05) is 32.0 Å². The predicted octanol–water partition coefficient (Wildman–Crippen LogP) is 6.27. The molecule has 3 rings (SSSR count). The van der Waals surface area contributed by atoms with Crippen LogP contribution in [0.25, 0.3) is 10.4 Å². The lowest BCUT2D eigenvalue weighted by molar-refractivity contribution is -0.232. The van der Waals surface area contributed by atoms with Crippen LogP contribution in [0.5, 0.6) is 11.5 Å². The van der Waals surface area contributed by atoms with E-state index in [1.54, 1.807) is 48.5 Å². The second-order valence-corrected chi connectivity index (χ2v) is 10.7. The number of nitrogens with two attached hydrogens (primary N) is 1. The van der Waals surface area contributed by atoms with Gasteiger partial charge >= 0.3 is 25.8 Å². The van der Waals surface area contributed by atoms with Crippen LogP contribution in [-0.2, 0) is 30.1 Å². The van der Waals surface area contributed by atoms with Crippen LogP contribution in [0.1, 0.15) is 5.56 Å². The molecule has 0 spiro atoms. The first-order chi connectivity index (χ1) is 21.0. The molecule has 3 aromatic carbocycles. The van der Waals surface area contributed by atoms with Crippen molar-refractivity contribution in [3.63, 3.8) is 0 Å². The zero-order chi connectivity index (χ0) is 32.0. The van der Waals surface area contributed by atoms with Crippen LogP contribution in [0.15, 0.2) is 90.0 Å². The highest BCUT2D eigenvalue weighted by Gasteiger charge is 2.46. The second kappa shape index (κ2) is 16.1. The summed E-state index contributed by atoms with van der Waals surface area (Å²) < 4.78 is 75.7. The lowest BCUT2D eigenvalue weighted by atomic mass is 10.1. The Morgan fingerprint density at radius 3 is 2.02 bits per heavy atom. The third-order valence-electron chi connectivity index (χ3n) is 5.40. The number of hydroxylamine groups is 2. The van der Waals surface area contributed by atoms with Crippen molar-refractivity contribution in [3.8, 4) is 11.5 Å². The smallest absolute Gasteiger partial charge is 0.428 e. The van der Waals surface area contributed by atoms with E-state index in [9.17, 15) is 27.3 Å². The number of rotatable bonds is 14. The molecule has 3 aromatic rings. The van der Waals surface area contributed by atoms with Crippen molar-refractivity contribution in [1.82, 2.24) is 5.06 Å². The Hall–Kier alpha value is -4.91. The second-order valence-electron chi connectivity index (χ2n) is 8.68. The summed E-state index contributed by atoms with van der Waals surface area (Å²) in [6, 6.07) is 21.7. The van der Waals surface area contributed by atoms with Crippen LogP contribution >= 0.6 is 7.60 Å². The molecule has 44 heavy (non-hydrogen) atoms. The molecule has 0 heterocycles. The number of anilines is 1. The summed E-state index contributed by atoms with van der Waals surface area (Å²) in [5, 5.41) is 3.20. The van der Waals surface area contributed by atoms with Crippen LogP contribution in [0.2, 0.25) is 0 Å². The highest BCUT2D eigenvalue weighted by atomic mass is 31.2. The minimum absolute atomic E-state index is 0.0330. The van der Waals surface area contributed by atoms with Gasteiger partial charge < -0.3 is 29.1 Å². The number of hydrogen-bond donors (Lipinski definition) is 1. The summed E-state index contributed by atoms with van der Waals surface area (Å²) in [5.74, 6) is -4.38. The lowest BCUT2D eigenvalue weighted by Gasteiger charge is -2.29. The van der Waals surface area contributed by atoms with Crippen LogP contribution < -0.4 is 14.8 Å². The molecule has 234 valence electrons. The van der Waals surface area contributed by atoms with Crippen molar-refractivity contribution >= 4 is 25.3 Å². The van der Waals surface area contributed by atoms with E-state index in [4.69, 9.17) is 29.8 Å². The number of benzene rings is 3. The van der Waals surface area contributed by atoms with Crippen molar-refractivity contribution in [1.29, 1.82) is 0 Å². The molecule has 17 heteroatoms. The highest BCUT2D eigenvalue weighted by Crippen LogP contribution is 2.54. The monoisotopic (exact) mass is 637 g/mol. The van der Waals surface area contributed by atoms with Crippen LogP contribution in [0.3, 0.4) is 0 Å². The molecule has 0 saturated carbocycles. The van der Waals surface area contributed by atoms with Crippen molar-refractivity contribution in [3.05, 3.63) is 101 Å². The average molecular weight is 638 g/mol. The van der Waals surface area contributed by atoms with E-state index >= 15 is 0 Å². The van der Waals surface area contributed by atoms with Gasteiger partial charge in [-0.1, -0.05) is 53.6 Å². The molecule has 1 unspecified atom stereocenters. The average Bonchev–Trinajstić information content (AvgIpc) is 2.99. The fraction of sp³-hybridized carbons (Fsp3) is 0.259. The van der Waals surface area contributed by atoms with Gasteiger partial charge in [-0.15, -0.1) is 5.06 Å². The van der Waals surface area contributed by atoms with E-state index in [0.29, 0.717) is 11.3 Å². The number of nitrogen functional groups attached to an aromatic ring is 1. The third-order valence-corrected chi connectivity index (χ3v) is 7.32. The SMILES string of the molecule is [N-]=[N+]=NCCOCCN(OC(=O)C(F)(F)F)C(=O)OC(Cc1ccc(N)cc1)P(=O)(Oc1ccccc1)Oc1ccccc1. The molecule has 0 saturated heterocycles. The summed E-state index contributed by atoms with van der Waals surface area (Å²) in [6.45, 7) is -1.45. The lowest BCUT2D eigenvalue weighted by Crippen LogP contribution is -2.42. The summed E-state index contributed by atoms with van der Waals surface area (Å²) in [5.41, 5.74) is 14.9. The first kappa shape index (κ1) is 33.6. The molecule has 2 N–H and O–H groups in total. The Bertz CT molecular complexity index is 1410. The Balaban J connectivity index is 1.96. The maximum Gasteiger partial charge on any atom is 0.493 e. The van der Waals surface area contributed by atoms with Gasteiger partial charge in [0.15, 0.2) is 0 Å². The Morgan fingerprint density at radius 2 is 1.50 bits per heavy atom. The molecular weight excluding hydrogens is 610 g/mol. The van der Waals surface area contributed by atoms with Gasteiger partial charge in [0.05, 0.1) is 19.8 Å². The minimum Gasteiger partial charge on any atom is -0.428 e. The number of amides is 1. The van der Waals surface area contributed by atoms with Gasteiger partial charge in [0.2, 0.25) is 5.85 Å². The van der Waals surface area contributed by atoms with E-state index < -0.39 is 44.8 Å². The maximum absolute atomic E-state index is 14.5. The molecule has 0 radical (unpaired) electrons. The number of para-hydroxylation sites is 2. The third kappa shape index (κ3) is 10.7. The molecule has 0 aliphatic rings. The Kier molecular flexibility index (Phi) is 12.3. The normalized spacial score (nSPS) is 11.9. The topological polar surface area (TPSA) is 175 Å². The molecule has 0 aliphatic heterocycles. The number of carbonyl (C=O) groups is 2. The summed E-state index contributed by atoms with van der Waals surface area (Å²) in [6.07, 6.45) is -7.42. The van der Waals surface area contributed by atoms with Crippen LogP contribution in [0, 0.1) is 0 Å². The number of hydrogen-bond acceptors (Lipinski definition) is 10. The van der Waals surface area contributed by atoms with Gasteiger partial charge in [0.25, 0.3) is 0 Å². The zero-order valence-corrected chi connectivity index (χ0v) is 23.8. The van der Waals surface area contributed by atoms with E-state index in [2.05, 4.69) is 14.9 Å². The van der Waals surface area contributed by atoms with Gasteiger partial charge in [-0.25, -0.2) is 14.2 Å². The number of azide groups is 1. The molecule has 1 amide bonds. The number of ether oxygens (including phenoxy) is 2. The fourth-order valence-corrected chi connectivity index (χ4v) is 5.12. The largest absolute Gasteiger partial charge is 0.493 e. The van der Waals surface area contributed by atoms with Crippen LogP contribution in [0.4, 0.5) is 23.7 Å². The highest BCUT2D eigenvalue weighted by molar-refractivity contribution is 7.55. The Labute approximate surface area is 249 Å². The zero-order valence-electron chi connectivity index (χ0n) is 22.9. The molecule has 0 aromatic heterocycles. The Morgan fingerprint density at radius 1 is 0.932 bits per heavy atom. The molecular formula is C27H27F3N5O8P. The maximum atomic E-state index is 14.5. The fourth-order valence-electron chi connectivity index (χ4n) is 3.37. The van der Waals surface area contributed by atoms with Crippen molar-refractivity contribution in [2.24, 2.45) is 5.11 Å². The standard InChI is InChI=1S/C27H27F3N5O8P/c28-27(29,30)25(36)41-35(16-18-39-17-15-33-34-32)26(37)40-24(19-20-11-13-21(31)14-12-20)44(38,42-22-7-3-1-4-8-22)43-23-9-5-2-6-10-23/h1-14,24H,15-19,31H2.